The smallest absolute Gasteiger partial charge is 0.245 e. The topological polar surface area (TPSA) is 50.3 Å². The first-order valence-corrected chi connectivity index (χ1v) is 9.30. The molecule has 0 N–H and O–H groups in total. The molecule has 0 spiro atoms. The van der Waals surface area contributed by atoms with Gasteiger partial charge < -0.3 is 0 Å². The van der Waals surface area contributed by atoms with Gasteiger partial charge in [0.25, 0.3) is 0 Å². The summed E-state index contributed by atoms with van der Waals surface area (Å²) < 4.78 is 27.7. The van der Waals surface area contributed by atoms with E-state index in [2.05, 4.69) is 20.9 Å². The van der Waals surface area contributed by atoms with Gasteiger partial charge in [0.15, 0.2) is 0 Å². The minimum atomic E-state index is -3.51. The lowest BCUT2D eigenvalue weighted by atomic mass is 10.0. The molecule has 7 heteroatoms. The summed E-state index contributed by atoms with van der Waals surface area (Å²) in [5.74, 6) is 0. The van der Waals surface area contributed by atoms with E-state index in [1.807, 2.05) is 18.4 Å². The molecule has 0 bridgehead atoms. The van der Waals surface area contributed by atoms with Crippen LogP contribution in [0.4, 0.5) is 0 Å². The molecule has 2 aromatic heterocycles. The number of nitrogens with zero attached hydrogens (tertiary/aromatic N) is 2. The zero-order valence-electron chi connectivity index (χ0n) is 10.8. The van der Waals surface area contributed by atoms with Gasteiger partial charge in [-0.25, -0.2) is 8.42 Å². The molecule has 3 rings (SSSR count). The zero-order valence-corrected chi connectivity index (χ0v) is 14.0. The molecule has 0 aromatic carbocycles. The monoisotopic (exact) mass is 372 g/mol. The summed E-state index contributed by atoms with van der Waals surface area (Å²) in [4.78, 5) is 5.48. The highest BCUT2D eigenvalue weighted by Gasteiger charge is 2.34. The second-order valence-electron chi connectivity index (χ2n) is 4.68. The van der Waals surface area contributed by atoms with Crippen LogP contribution < -0.4 is 0 Å². The van der Waals surface area contributed by atoms with Crippen molar-refractivity contribution in [3.05, 3.63) is 44.8 Å². The van der Waals surface area contributed by atoms with Gasteiger partial charge in [-0.1, -0.05) is 0 Å². The quantitative estimate of drug-likeness (QED) is 0.812. The van der Waals surface area contributed by atoms with Gasteiger partial charge in [-0.15, -0.1) is 11.3 Å². The van der Waals surface area contributed by atoms with Crippen molar-refractivity contribution in [1.82, 2.24) is 9.29 Å². The van der Waals surface area contributed by atoms with Crippen molar-refractivity contribution in [3.63, 3.8) is 0 Å². The van der Waals surface area contributed by atoms with E-state index in [4.69, 9.17) is 0 Å². The minimum Gasteiger partial charge on any atom is -0.262 e. The van der Waals surface area contributed by atoms with Crippen molar-refractivity contribution in [2.45, 2.75) is 24.3 Å². The average Bonchev–Trinajstić information content (AvgIpc) is 2.88. The summed E-state index contributed by atoms with van der Waals surface area (Å²) in [7, 11) is -3.51. The van der Waals surface area contributed by atoms with Crippen LogP contribution in [0.15, 0.2) is 39.3 Å². The molecular weight excluding hydrogens is 360 g/mol. The summed E-state index contributed by atoms with van der Waals surface area (Å²) in [6.07, 6.45) is 3.75. The maximum Gasteiger partial charge on any atom is 0.245 e. The van der Waals surface area contributed by atoms with Crippen LogP contribution in [0.1, 0.15) is 23.4 Å². The fraction of sp³-hybridized carbons (Fsp3) is 0.308. The number of pyridine rings is 1. The van der Waals surface area contributed by atoms with Crippen molar-refractivity contribution in [1.29, 1.82) is 0 Å². The molecule has 2 aromatic rings. The van der Waals surface area contributed by atoms with E-state index < -0.39 is 10.0 Å². The Labute approximate surface area is 130 Å². The van der Waals surface area contributed by atoms with E-state index in [0.29, 0.717) is 11.0 Å². The number of rotatable bonds is 2. The minimum absolute atomic E-state index is 0.131. The summed E-state index contributed by atoms with van der Waals surface area (Å²) in [5.41, 5.74) is 1.12. The lowest BCUT2D eigenvalue weighted by Crippen LogP contribution is -2.38. The summed E-state index contributed by atoms with van der Waals surface area (Å²) in [5, 5.41) is 2.03. The van der Waals surface area contributed by atoms with E-state index >= 15 is 0 Å². The second-order valence-corrected chi connectivity index (χ2v) is 8.49. The number of hydrogen-bond acceptors (Lipinski definition) is 4. The molecule has 3 heterocycles. The van der Waals surface area contributed by atoms with Crippen molar-refractivity contribution in [3.8, 4) is 0 Å². The highest BCUT2D eigenvalue weighted by molar-refractivity contribution is 9.10. The molecule has 0 saturated heterocycles. The van der Waals surface area contributed by atoms with E-state index in [-0.39, 0.29) is 10.9 Å². The van der Waals surface area contributed by atoms with Crippen LogP contribution in [-0.2, 0) is 16.4 Å². The van der Waals surface area contributed by atoms with Gasteiger partial charge in [0.2, 0.25) is 10.0 Å². The molecule has 1 aliphatic rings. The Balaban J connectivity index is 2.01. The molecular formula is C13H13BrN2O2S2. The molecule has 0 fully saturated rings. The third kappa shape index (κ3) is 2.32. The fourth-order valence-electron chi connectivity index (χ4n) is 2.48. The van der Waals surface area contributed by atoms with Crippen LogP contribution >= 0.6 is 27.3 Å². The van der Waals surface area contributed by atoms with Crippen LogP contribution in [0.25, 0.3) is 0 Å². The van der Waals surface area contributed by atoms with E-state index in [1.54, 1.807) is 27.9 Å². The Kier molecular flexibility index (Phi) is 3.70. The van der Waals surface area contributed by atoms with Gasteiger partial charge in [-0.3, -0.25) is 4.98 Å². The van der Waals surface area contributed by atoms with Gasteiger partial charge in [-0.2, -0.15) is 4.31 Å². The fourth-order valence-corrected chi connectivity index (χ4v) is 5.57. The summed E-state index contributed by atoms with van der Waals surface area (Å²) >= 11 is 4.97. The first kappa shape index (κ1) is 14.2. The van der Waals surface area contributed by atoms with E-state index in [0.717, 1.165) is 12.0 Å². The second kappa shape index (κ2) is 5.22. The Hall–Kier alpha value is -0.760. The number of sulfonamides is 1. The average molecular weight is 373 g/mol. The number of fused-ring (bicyclic) bond motifs is 1. The van der Waals surface area contributed by atoms with Crippen LogP contribution in [0.3, 0.4) is 0 Å². The van der Waals surface area contributed by atoms with E-state index in [1.165, 1.54) is 11.1 Å². The number of thiophene rings is 1. The Bertz CT molecular complexity index is 742. The number of hydrogen-bond donors (Lipinski definition) is 0. The first-order valence-electron chi connectivity index (χ1n) is 6.19. The first-order chi connectivity index (χ1) is 9.50. The zero-order chi connectivity index (χ0) is 14.3. The molecule has 1 unspecified atom stereocenters. The predicted octanol–water partition coefficient (Wildman–Crippen LogP) is 3.21. The van der Waals surface area contributed by atoms with Crippen LogP contribution in [0.2, 0.25) is 0 Å². The Morgan fingerprint density at radius 3 is 3.00 bits per heavy atom. The molecule has 1 aliphatic heterocycles. The maximum absolute atomic E-state index is 12.8. The number of aromatic nitrogens is 1. The number of halogens is 1. The highest BCUT2D eigenvalue weighted by Crippen LogP contribution is 2.36. The molecule has 4 nitrogen and oxygen atoms in total. The molecule has 20 heavy (non-hydrogen) atoms. The lowest BCUT2D eigenvalue weighted by molar-refractivity contribution is 0.329. The van der Waals surface area contributed by atoms with Crippen LogP contribution in [0, 0.1) is 0 Å². The lowest BCUT2D eigenvalue weighted by Gasteiger charge is -2.32. The Morgan fingerprint density at radius 2 is 2.25 bits per heavy atom. The molecule has 1 atom stereocenters. The predicted molar refractivity (Wildman–Crippen MR) is 82.3 cm³/mol. The third-order valence-corrected chi connectivity index (χ3v) is 6.87. The normalized spacial score (nSPS) is 19.8. The van der Waals surface area contributed by atoms with Gasteiger partial charge in [0.1, 0.15) is 4.90 Å². The largest absolute Gasteiger partial charge is 0.262 e. The van der Waals surface area contributed by atoms with Gasteiger partial charge in [0.05, 0.1) is 0 Å². The SMILES string of the molecule is CC1c2ccsc2CCN1S(=O)(=O)c1cncc(Br)c1. The molecule has 0 radical (unpaired) electrons. The summed E-state index contributed by atoms with van der Waals surface area (Å²) in [6, 6.07) is 3.48. The Morgan fingerprint density at radius 1 is 1.45 bits per heavy atom. The summed E-state index contributed by atoms with van der Waals surface area (Å²) in [6.45, 7) is 2.46. The molecule has 0 aliphatic carbocycles. The van der Waals surface area contributed by atoms with Gasteiger partial charge >= 0.3 is 0 Å². The molecule has 0 amide bonds. The molecule has 106 valence electrons. The highest BCUT2D eigenvalue weighted by atomic mass is 79.9. The van der Waals surface area contributed by atoms with Gasteiger partial charge in [-0.05, 0) is 52.4 Å². The van der Waals surface area contributed by atoms with Crippen molar-refractivity contribution in [2.75, 3.05) is 6.54 Å². The standard InChI is InChI=1S/C13H13BrN2O2S2/c1-9-12-3-5-19-13(12)2-4-16(9)20(17,18)11-6-10(14)7-15-8-11/h3,5-9H,2,4H2,1H3. The van der Waals surface area contributed by atoms with E-state index in [9.17, 15) is 8.42 Å². The van der Waals surface area contributed by atoms with Crippen molar-refractivity contribution in [2.24, 2.45) is 0 Å². The van der Waals surface area contributed by atoms with Crippen LogP contribution in [-0.4, -0.2) is 24.3 Å². The van der Waals surface area contributed by atoms with Crippen molar-refractivity contribution < 1.29 is 8.42 Å². The molecule has 0 saturated carbocycles. The van der Waals surface area contributed by atoms with Gasteiger partial charge in [0, 0.05) is 34.3 Å². The van der Waals surface area contributed by atoms with Crippen molar-refractivity contribution >= 4 is 37.3 Å². The third-order valence-electron chi connectivity index (χ3n) is 3.51. The van der Waals surface area contributed by atoms with Crippen LogP contribution in [0.5, 0.6) is 0 Å². The maximum atomic E-state index is 12.8.